The molecule has 1 aliphatic heterocycles. The van der Waals surface area contributed by atoms with Crippen molar-refractivity contribution in [3.8, 4) is 11.3 Å². The zero-order valence-electron chi connectivity index (χ0n) is 22.4. The van der Waals surface area contributed by atoms with Crippen molar-refractivity contribution in [3.05, 3.63) is 130 Å². The van der Waals surface area contributed by atoms with Crippen LogP contribution in [0.2, 0.25) is 5.02 Å². The molecule has 8 heteroatoms. The number of benzene rings is 4. The maximum atomic E-state index is 13.5. The minimum Gasteiger partial charge on any atom is -0.450 e. The summed E-state index contributed by atoms with van der Waals surface area (Å²) in [7, 11) is 0. The molecule has 1 atom stereocenters. The first-order valence-electron chi connectivity index (χ1n) is 13.3. The van der Waals surface area contributed by atoms with Crippen molar-refractivity contribution in [1.82, 2.24) is 4.98 Å². The average Bonchev–Trinajstić information content (AvgIpc) is 3.29. The van der Waals surface area contributed by atoms with E-state index in [9.17, 15) is 19.2 Å². The molecule has 0 radical (unpaired) electrons. The number of hydrogen-bond donors (Lipinski definition) is 0. The first-order chi connectivity index (χ1) is 20.4. The van der Waals surface area contributed by atoms with Gasteiger partial charge in [0.15, 0.2) is 6.10 Å². The second-order valence-corrected chi connectivity index (χ2v) is 10.2. The van der Waals surface area contributed by atoms with Crippen molar-refractivity contribution >= 4 is 51.8 Å². The highest BCUT2D eigenvalue weighted by Gasteiger charge is 2.36. The average molecular weight is 575 g/mol. The Labute approximate surface area is 246 Å². The largest absolute Gasteiger partial charge is 0.450 e. The van der Waals surface area contributed by atoms with Crippen LogP contribution in [0.1, 0.15) is 54.8 Å². The lowest BCUT2D eigenvalue weighted by Crippen LogP contribution is -2.29. The number of para-hydroxylation sites is 1. The van der Waals surface area contributed by atoms with Crippen LogP contribution in [0.4, 0.5) is 5.69 Å². The topological polar surface area (TPSA) is 93.6 Å². The molecule has 0 aliphatic carbocycles. The predicted molar refractivity (Wildman–Crippen MR) is 160 cm³/mol. The number of carbonyl (C=O) groups excluding carboxylic acids is 4. The van der Waals surface area contributed by atoms with Crippen LogP contribution < -0.4 is 4.90 Å². The first kappa shape index (κ1) is 27.1. The van der Waals surface area contributed by atoms with Gasteiger partial charge in [0.2, 0.25) is 5.78 Å². The van der Waals surface area contributed by atoms with Crippen molar-refractivity contribution < 1.29 is 23.9 Å². The third kappa shape index (κ3) is 4.74. The van der Waals surface area contributed by atoms with E-state index in [1.165, 1.54) is 0 Å². The Kier molecular flexibility index (Phi) is 7.10. The van der Waals surface area contributed by atoms with E-state index in [1.54, 1.807) is 104 Å². The molecule has 5 aromatic rings. The highest BCUT2D eigenvalue weighted by molar-refractivity contribution is 6.35. The van der Waals surface area contributed by atoms with Gasteiger partial charge in [-0.3, -0.25) is 14.4 Å². The van der Waals surface area contributed by atoms with Crippen LogP contribution >= 0.6 is 11.6 Å². The maximum Gasteiger partial charge on any atom is 0.339 e. The van der Waals surface area contributed by atoms with Crippen LogP contribution in [-0.2, 0) is 4.74 Å². The number of fused-ring (bicyclic) bond motifs is 2. The molecule has 6 rings (SSSR count). The van der Waals surface area contributed by atoms with Crippen molar-refractivity contribution in [3.63, 3.8) is 0 Å². The molecule has 0 fully saturated rings. The molecule has 0 spiro atoms. The molecule has 0 bridgehead atoms. The third-order valence-corrected chi connectivity index (χ3v) is 7.50. The number of amides is 2. The monoisotopic (exact) mass is 574 g/mol. The standard InChI is InChI=1S/C34H23ClN2O5/c1-2-29(31(38)21-9-4-3-5-10-21)42-34(41)26-19-28(36-30-23(26)13-8-14-27(30)35)20-15-17-22(18-16-20)37-32(39)24-11-6-7-12-25(24)33(37)40/h3-19,29H,2H2,1H3/t29-/m0/s1. The van der Waals surface area contributed by atoms with E-state index in [0.29, 0.717) is 56.0 Å². The summed E-state index contributed by atoms with van der Waals surface area (Å²) in [5, 5.41) is 0.833. The molecule has 1 aliphatic rings. The number of nitrogens with zero attached hydrogens (tertiary/aromatic N) is 2. The van der Waals surface area contributed by atoms with Crippen molar-refractivity contribution in [2.45, 2.75) is 19.4 Å². The van der Waals surface area contributed by atoms with Crippen LogP contribution in [0.5, 0.6) is 0 Å². The fraction of sp³-hybridized carbons (Fsp3) is 0.0882. The Morgan fingerprint density at radius 3 is 2.12 bits per heavy atom. The second-order valence-electron chi connectivity index (χ2n) is 9.76. The number of halogens is 1. The van der Waals surface area contributed by atoms with Crippen LogP contribution in [-0.4, -0.2) is 34.7 Å². The quantitative estimate of drug-likeness (QED) is 0.116. The van der Waals surface area contributed by atoms with Crippen LogP contribution in [0.25, 0.3) is 22.2 Å². The Bertz CT molecular complexity index is 1850. The Hall–Kier alpha value is -5.14. The number of imide groups is 1. The highest BCUT2D eigenvalue weighted by Crippen LogP contribution is 2.33. The number of aromatic nitrogens is 1. The summed E-state index contributed by atoms with van der Waals surface area (Å²) < 4.78 is 5.74. The van der Waals surface area contributed by atoms with Crippen molar-refractivity contribution in [1.29, 1.82) is 0 Å². The first-order valence-corrected chi connectivity index (χ1v) is 13.7. The minimum atomic E-state index is -0.968. The van der Waals surface area contributed by atoms with E-state index in [-0.39, 0.29) is 23.2 Å². The molecular weight excluding hydrogens is 552 g/mol. The maximum absolute atomic E-state index is 13.5. The van der Waals surface area contributed by atoms with Crippen LogP contribution in [0.3, 0.4) is 0 Å². The molecule has 0 saturated heterocycles. The van der Waals surface area contributed by atoms with Gasteiger partial charge in [0, 0.05) is 16.5 Å². The summed E-state index contributed by atoms with van der Waals surface area (Å²) >= 11 is 6.49. The van der Waals surface area contributed by atoms with Crippen LogP contribution in [0, 0.1) is 0 Å². The number of carbonyl (C=O) groups is 4. The van der Waals surface area contributed by atoms with Gasteiger partial charge in [0.25, 0.3) is 11.8 Å². The van der Waals surface area contributed by atoms with Gasteiger partial charge in [-0.15, -0.1) is 0 Å². The fourth-order valence-electron chi connectivity index (χ4n) is 5.04. The summed E-state index contributed by atoms with van der Waals surface area (Å²) in [6.45, 7) is 1.78. The lowest BCUT2D eigenvalue weighted by atomic mass is 10.0. The zero-order chi connectivity index (χ0) is 29.4. The Morgan fingerprint density at radius 2 is 1.48 bits per heavy atom. The molecule has 0 saturated carbocycles. The second kappa shape index (κ2) is 11.0. The summed E-state index contributed by atoms with van der Waals surface area (Å²) in [6.07, 6.45) is -0.667. The SMILES string of the molecule is CC[C@H](OC(=O)c1cc(-c2ccc(N3C(=O)c4ccccc4C3=O)cc2)nc2c(Cl)cccc12)C(=O)c1ccccc1. The summed E-state index contributed by atoms with van der Waals surface area (Å²) in [4.78, 5) is 58.3. The number of ketones is 1. The zero-order valence-corrected chi connectivity index (χ0v) is 23.2. The Balaban J connectivity index is 1.34. The number of rotatable bonds is 7. The van der Waals surface area contributed by atoms with Gasteiger partial charge in [-0.1, -0.05) is 85.3 Å². The third-order valence-electron chi connectivity index (χ3n) is 7.20. The van der Waals surface area contributed by atoms with E-state index < -0.39 is 12.1 Å². The van der Waals surface area contributed by atoms with Gasteiger partial charge in [-0.05, 0) is 42.8 Å². The van der Waals surface area contributed by atoms with E-state index in [1.807, 2.05) is 6.07 Å². The molecule has 4 aromatic carbocycles. The predicted octanol–water partition coefficient (Wildman–Crippen LogP) is 7.17. The van der Waals surface area contributed by atoms with Gasteiger partial charge in [0.05, 0.1) is 38.6 Å². The van der Waals surface area contributed by atoms with Gasteiger partial charge >= 0.3 is 5.97 Å². The minimum absolute atomic E-state index is 0.209. The van der Waals surface area contributed by atoms with Gasteiger partial charge in [-0.2, -0.15) is 0 Å². The molecule has 2 heterocycles. The van der Waals surface area contributed by atoms with E-state index >= 15 is 0 Å². The lowest BCUT2D eigenvalue weighted by molar-refractivity contribution is 0.0279. The molecular formula is C34H23ClN2O5. The summed E-state index contributed by atoms with van der Waals surface area (Å²) in [6, 6.07) is 28.8. The van der Waals surface area contributed by atoms with Crippen LogP contribution in [0.15, 0.2) is 103 Å². The molecule has 42 heavy (non-hydrogen) atoms. The van der Waals surface area contributed by atoms with E-state index in [4.69, 9.17) is 21.3 Å². The normalized spacial score (nSPS) is 13.2. The van der Waals surface area contributed by atoms with E-state index in [2.05, 4.69) is 0 Å². The number of pyridine rings is 1. The van der Waals surface area contributed by atoms with Gasteiger partial charge < -0.3 is 4.74 Å². The van der Waals surface area contributed by atoms with E-state index in [0.717, 1.165) is 4.90 Å². The number of ether oxygens (including phenoxy) is 1. The lowest BCUT2D eigenvalue weighted by Gasteiger charge is -2.17. The molecule has 0 unspecified atom stereocenters. The summed E-state index contributed by atoms with van der Waals surface area (Å²) in [5.74, 6) is -1.74. The van der Waals surface area contributed by atoms with Crippen molar-refractivity contribution in [2.24, 2.45) is 0 Å². The molecule has 0 N–H and O–H groups in total. The fourth-order valence-corrected chi connectivity index (χ4v) is 5.26. The van der Waals surface area contributed by atoms with Gasteiger partial charge in [0.1, 0.15) is 0 Å². The Morgan fingerprint density at radius 1 is 0.833 bits per heavy atom. The molecule has 7 nitrogen and oxygen atoms in total. The molecule has 1 aromatic heterocycles. The summed E-state index contributed by atoms with van der Waals surface area (Å²) in [5.41, 5.74) is 3.25. The number of Topliss-reactive ketones (excluding diaryl/α,β-unsaturated/α-hetero) is 1. The molecule has 2 amide bonds. The van der Waals surface area contributed by atoms with Crippen molar-refractivity contribution in [2.75, 3.05) is 4.90 Å². The number of esters is 1. The van der Waals surface area contributed by atoms with Gasteiger partial charge in [-0.25, -0.2) is 14.7 Å². The highest BCUT2D eigenvalue weighted by atomic mass is 35.5. The smallest absolute Gasteiger partial charge is 0.339 e. The number of hydrogen-bond acceptors (Lipinski definition) is 6. The molecule has 206 valence electrons. The number of anilines is 1.